The Balaban J connectivity index is 1.72. The molecule has 0 saturated heterocycles. The maximum Gasteiger partial charge on any atom is 0.223 e. The molecule has 3 unspecified atom stereocenters. The van der Waals surface area contributed by atoms with Gasteiger partial charge >= 0.3 is 0 Å². The number of hydrogen-bond acceptors (Lipinski definition) is 3. The highest BCUT2D eigenvalue weighted by Gasteiger charge is 2.25. The molecule has 0 aromatic heterocycles. The summed E-state index contributed by atoms with van der Waals surface area (Å²) < 4.78 is 5.73. The molecule has 1 aromatic carbocycles. The minimum atomic E-state index is -0.0429. The molecule has 0 aliphatic heterocycles. The number of carbonyl (C=O) groups is 1. The first-order valence-electron chi connectivity index (χ1n) is 7.40. The number of amides is 1. The van der Waals surface area contributed by atoms with E-state index in [2.05, 4.69) is 5.32 Å². The van der Waals surface area contributed by atoms with Crippen LogP contribution in [0.15, 0.2) is 30.3 Å². The lowest BCUT2D eigenvalue weighted by Gasteiger charge is -2.26. The van der Waals surface area contributed by atoms with E-state index in [0.717, 1.165) is 31.4 Å². The Kier molecular flexibility index (Phi) is 5.41. The van der Waals surface area contributed by atoms with Crippen LogP contribution in [-0.2, 0) is 4.79 Å². The average Bonchev–Trinajstić information content (AvgIpc) is 2.46. The van der Waals surface area contributed by atoms with Crippen molar-refractivity contribution in [2.24, 2.45) is 11.7 Å². The minimum absolute atomic E-state index is 0.0429. The summed E-state index contributed by atoms with van der Waals surface area (Å²) >= 11 is 0. The Morgan fingerprint density at radius 2 is 2.15 bits per heavy atom. The summed E-state index contributed by atoms with van der Waals surface area (Å²) in [6, 6.07) is 9.83. The second-order valence-electron chi connectivity index (χ2n) is 5.61. The average molecular weight is 276 g/mol. The molecule has 1 aromatic rings. The van der Waals surface area contributed by atoms with Crippen molar-refractivity contribution in [3.63, 3.8) is 0 Å². The molecule has 4 nitrogen and oxygen atoms in total. The van der Waals surface area contributed by atoms with E-state index >= 15 is 0 Å². The standard InChI is InChI=1S/C16H24N2O2/c1-12(20-15-8-3-2-4-9-15)11-18-16(19)13-6-5-7-14(17)10-13/h2-4,8-9,12-14H,5-7,10-11,17H2,1H3,(H,18,19). The number of benzene rings is 1. The van der Waals surface area contributed by atoms with Crippen LogP contribution in [0.5, 0.6) is 5.75 Å². The maximum absolute atomic E-state index is 12.1. The summed E-state index contributed by atoms with van der Waals surface area (Å²) in [5.41, 5.74) is 5.92. The first-order chi connectivity index (χ1) is 9.65. The van der Waals surface area contributed by atoms with E-state index in [0.29, 0.717) is 6.54 Å². The molecule has 1 saturated carbocycles. The van der Waals surface area contributed by atoms with Gasteiger partial charge < -0.3 is 15.8 Å². The van der Waals surface area contributed by atoms with E-state index in [-0.39, 0.29) is 24.0 Å². The van der Waals surface area contributed by atoms with Crippen LogP contribution in [0.3, 0.4) is 0 Å². The molecule has 3 atom stereocenters. The summed E-state index contributed by atoms with van der Waals surface area (Å²) in [5, 5.41) is 2.97. The Morgan fingerprint density at radius 3 is 2.85 bits per heavy atom. The van der Waals surface area contributed by atoms with Crippen molar-refractivity contribution in [3.8, 4) is 5.75 Å². The van der Waals surface area contributed by atoms with E-state index < -0.39 is 0 Å². The number of carbonyl (C=O) groups excluding carboxylic acids is 1. The Morgan fingerprint density at radius 1 is 1.40 bits per heavy atom. The molecular weight excluding hydrogens is 252 g/mol. The van der Waals surface area contributed by atoms with Gasteiger partial charge in [-0.3, -0.25) is 4.79 Å². The predicted octanol–water partition coefficient (Wildman–Crippen LogP) is 2.09. The number of rotatable bonds is 5. The summed E-state index contributed by atoms with van der Waals surface area (Å²) in [7, 11) is 0. The van der Waals surface area contributed by atoms with Gasteiger partial charge in [-0.1, -0.05) is 24.6 Å². The molecule has 0 bridgehead atoms. The highest BCUT2D eigenvalue weighted by Crippen LogP contribution is 2.23. The number of nitrogens with two attached hydrogens (primary N) is 1. The fourth-order valence-corrected chi connectivity index (χ4v) is 2.63. The van der Waals surface area contributed by atoms with Gasteiger partial charge in [0.1, 0.15) is 11.9 Å². The third kappa shape index (κ3) is 4.53. The third-order valence-corrected chi connectivity index (χ3v) is 3.73. The summed E-state index contributed by atoms with van der Waals surface area (Å²) in [6.07, 6.45) is 3.80. The molecule has 3 N–H and O–H groups in total. The number of ether oxygens (including phenoxy) is 1. The van der Waals surface area contributed by atoms with E-state index in [4.69, 9.17) is 10.5 Å². The van der Waals surface area contributed by atoms with Crippen molar-refractivity contribution in [3.05, 3.63) is 30.3 Å². The van der Waals surface area contributed by atoms with Crippen molar-refractivity contribution < 1.29 is 9.53 Å². The van der Waals surface area contributed by atoms with E-state index in [1.54, 1.807) is 0 Å². The quantitative estimate of drug-likeness (QED) is 0.865. The van der Waals surface area contributed by atoms with Gasteiger partial charge in [0.15, 0.2) is 0 Å². The van der Waals surface area contributed by atoms with Crippen LogP contribution >= 0.6 is 0 Å². The van der Waals surface area contributed by atoms with Crippen LogP contribution in [0, 0.1) is 5.92 Å². The Bertz CT molecular complexity index is 422. The lowest BCUT2D eigenvalue weighted by Crippen LogP contribution is -2.41. The molecule has 1 fully saturated rings. The first kappa shape index (κ1) is 14.9. The van der Waals surface area contributed by atoms with E-state index in [1.165, 1.54) is 0 Å². The van der Waals surface area contributed by atoms with Gasteiger partial charge in [0, 0.05) is 12.0 Å². The predicted molar refractivity (Wildman–Crippen MR) is 79.5 cm³/mol. The van der Waals surface area contributed by atoms with Crippen molar-refractivity contribution in [2.45, 2.75) is 44.8 Å². The van der Waals surface area contributed by atoms with Crippen LogP contribution < -0.4 is 15.8 Å². The van der Waals surface area contributed by atoms with Gasteiger partial charge in [-0.15, -0.1) is 0 Å². The fraction of sp³-hybridized carbons (Fsp3) is 0.562. The highest BCUT2D eigenvalue weighted by atomic mass is 16.5. The van der Waals surface area contributed by atoms with Gasteiger partial charge in [-0.2, -0.15) is 0 Å². The van der Waals surface area contributed by atoms with Gasteiger partial charge in [-0.05, 0) is 38.3 Å². The normalized spacial score (nSPS) is 23.9. The Labute approximate surface area is 120 Å². The molecule has 4 heteroatoms. The van der Waals surface area contributed by atoms with Crippen LogP contribution in [0.25, 0.3) is 0 Å². The number of para-hydroxylation sites is 1. The molecule has 1 amide bonds. The van der Waals surface area contributed by atoms with Gasteiger partial charge in [0.25, 0.3) is 0 Å². The highest BCUT2D eigenvalue weighted by molar-refractivity contribution is 5.78. The van der Waals surface area contributed by atoms with Crippen LogP contribution in [0.2, 0.25) is 0 Å². The molecule has 0 spiro atoms. The molecule has 20 heavy (non-hydrogen) atoms. The first-order valence-corrected chi connectivity index (χ1v) is 7.40. The topological polar surface area (TPSA) is 64.4 Å². The smallest absolute Gasteiger partial charge is 0.223 e. The summed E-state index contributed by atoms with van der Waals surface area (Å²) in [5.74, 6) is 1.01. The number of hydrogen-bond donors (Lipinski definition) is 2. The second-order valence-corrected chi connectivity index (χ2v) is 5.61. The zero-order chi connectivity index (χ0) is 14.4. The maximum atomic E-state index is 12.1. The van der Waals surface area contributed by atoms with Crippen LogP contribution in [0.4, 0.5) is 0 Å². The van der Waals surface area contributed by atoms with Crippen molar-refractivity contribution >= 4 is 5.91 Å². The zero-order valence-electron chi connectivity index (χ0n) is 12.0. The molecule has 2 rings (SSSR count). The molecule has 1 aliphatic rings. The molecule has 0 heterocycles. The zero-order valence-corrected chi connectivity index (χ0v) is 12.0. The minimum Gasteiger partial charge on any atom is -0.489 e. The van der Waals surface area contributed by atoms with E-state index in [1.807, 2.05) is 37.3 Å². The molecular formula is C16H24N2O2. The van der Waals surface area contributed by atoms with Crippen molar-refractivity contribution in [1.82, 2.24) is 5.32 Å². The van der Waals surface area contributed by atoms with Gasteiger partial charge in [0.05, 0.1) is 6.54 Å². The second kappa shape index (κ2) is 7.29. The molecule has 0 radical (unpaired) electrons. The summed E-state index contributed by atoms with van der Waals surface area (Å²) in [4.78, 5) is 12.1. The Hall–Kier alpha value is -1.55. The third-order valence-electron chi connectivity index (χ3n) is 3.73. The molecule has 1 aliphatic carbocycles. The van der Waals surface area contributed by atoms with Gasteiger partial charge in [-0.25, -0.2) is 0 Å². The van der Waals surface area contributed by atoms with Crippen LogP contribution in [-0.4, -0.2) is 24.6 Å². The number of nitrogens with one attached hydrogen (secondary N) is 1. The van der Waals surface area contributed by atoms with Crippen molar-refractivity contribution in [2.75, 3.05) is 6.54 Å². The summed E-state index contributed by atoms with van der Waals surface area (Å²) in [6.45, 7) is 2.49. The van der Waals surface area contributed by atoms with Crippen LogP contribution in [0.1, 0.15) is 32.6 Å². The van der Waals surface area contributed by atoms with Gasteiger partial charge in [0.2, 0.25) is 5.91 Å². The SMILES string of the molecule is CC(CNC(=O)C1CCCC(N)C1)Oc1ccccc1. The fourth-order valence-electron chi connectivity index (χ4n) is 2.63. The lowest BCUT2D eigenvalue weighted by molar-refractivity contribution is -0.126. The molecule has 110 valence electrons. The largest absolute Gasteiger partial charge is 0.489 e. The van der Waals surface area contributed by atoms with E-state index in [9.17, 15) is 4.79 Å². The van der Waals surface area contributed by atoms with Crippen molar-refractivity contribution in [1.29, 1.82) is 0 Å². The monoisotopic (exact) mass is 276 g/mol. The lowest BCUT2D eigenvalue weighted by atomic mass is 9.85.